The van der Waals surface area contributed by atoms with E-state index in [1.807, 2.05) is 0 Å². The van der Waals surface area contributed by atoms with E-state index in [4.69, 9.17) is 9.47 Å². The van der Waals surface area contributed by atoms with Crippen LogP contribution in [0.1, 0.15) is 19.8 Å². The number of hydrogen-bond acceptors (Lipinski definition) is 4. The second-order valence-electron chi connectivity index (χ2n) is 4.45. The molecule has 3 heterocycles. The van der Waals surface area contributed by atoms with Crippen molar-refractivity contribution in [3.05, 3.63) is 12.2 Å². The first kappa shape index (κ1) is 10.6. The van der Waals surface area contributed by atoms with Crippen molar-refractivity contribution in [2.24, 2.45) is 0 Å². The molecule has 0 spiro atoms. The summed E-state index contributed by atoms with van der Waals surface area (Å²) in [5, 5.41) is 0. The Labute approximate surface area is 89.2 Å². The van der Waals surface area contributed by atoms with E-state index in [1.165, 1.54) is 13.2 Å². The standard InChI is InChI=1S/C11H16O4/c1-10-5-6-11(8-14-10,15-7-10)4-3-9(12)13-2/h3-4H,5-8H2,1-2H3/b4-3+. The zero-order chi connectivity index (χ0) is 10.9. The van der Waals surface area contributed by atoms with Crippen LogP contribution in [0.5, 0.6) is 0 Å². The number of methoxy groups -OCH3 is 1. The first-order valence-corrected chi connectivity index (χ1v) is 5.13. The summed E-state index contributed by atoms with van der Waals surface area (Å²) in [5.74, 6) is -0.355. The van der Waals surface area contributed by atoms with Gasteiger partial charge in [-0.2, -0.15) is 0 Å². The quantitative estimate of drug-likeness (QED) is 0.507. The fraction of sp³-hybridized carbons (Fsp3) is 0.727. The molecule has 3 aliphatic rings. The van der Waals surface area contributed by atoms with Crippen LogP contribution >= 0.6 is 0 Å². The molecule has 2 atom stereocenters. The molecule has 0 aliphatic carbocycles. The van der Waals surface area contributed by atoms with Crippen molar-refractivity contribution >= 4 is 5.97 Å². The van der Waals surface area contributed by atoms with Crippen LogP contribution in [0.2, 0.25) is 0 Å². The van der Waals surface area contributed by atoms with Gasteiger partial charge in [-0.25, -0.2) is 4.79 Å². The minimum atomic E-state index is -0.411. The Balaban J connectivity index is 2.03. The average molecular weight is 212 g/mol. The molecule has 3 saturated heterocycles. The SMILES string of the molecule is COC(=O)/C=C/C12CCC(C)(CO1)OC2. The summed E-state index contributed by atoms with van der Waals surface area (Å²) >= 11 is 0. The van der Waals surface area contributed by atoms with E-state index < -0.39 is 5.60 Å². The van der Waals surface area contributed by atoms with Gasteiger partial charge in [-0.1, -0.05) is 0 Å². The van der Waals surface area contributed by atoms with Crippen molar-refractivity contribution in [1.82, 2.24) is 0 Å². The van der Waals surface area contributed by atoms with Crippen LogP contribution in [0.25, 0.3) is 0 Å². The first-order chi connectivity index (χ1) is 7.08. The summed E-state index contributed by atoms with van der Waals surface area (Å²) in [6, 6.07) is 0. The van der Waals surface area contributed by atoms with E-state index in [0.717, 1.165) is 12.8 Å². The van der Waals surface area contributed by atoms with Gasteiger partial charge < -0.3 is 14.2 Å². The van der Waals surface area contributed by atoms with E-state index in [0.29, 0.717) is 13.2 Å². The van der Waals surface area contributed by atoms with Crippen LogP contribution in [0.15, 0.2) is 12.2 Å². The van der Waals surface area contributed by atoms with Crippen LogP contribution in [0.4, 0.5) is 0 Å². The third-order valence-corrected chi connectivity index (χ3v) is 3.13. The number of carbonyl (C=O) groups is 1. The molecule has 15 heavy (non-hydrogen) atoms. The van der Waals surface area contributed by atoms with Crippen molar-refractivity contribution in [2.75, 3.05) is 20.3 Å². The molecule has 3 rings (SSSR count). The maximum absolute atomic E-state index is 11.0. The van der Waals surface area contributed by atoms with Crippen LogP contribution in [0, 0.1) is 0 Å². The number of hydrogen-bond donors (Lipinski definition) is 0. The van der Waals surface area contributed by atoms with Gasteiger partial charge in [-0.3, -0.25) is 0 Å². The molecule has 3 aliphatic heterocycles. The van der Waals surface area contributed by atoms with E-state index in [-0.39, 0.29) is 11.6 Å². The predicted molar refractivity (Wildman–Crippen MR) is 53.4 cm³/mol. The molecule has 2 unspecified atom stereocenters. The van der Waals surface area contributed by atoms with E-state index in [1.54, 1.807) is 6.08 Å². The van der Waals surface area contributed by atoms with E-state index in [9.17, 15) is 4.79 Å². The van der Waals surface area contributed by atoms with Gasteiger partial charge in [-0.15, -0.1) is 0 Å². The Morgan fingerprint density at radius 2 is 2.13 bits per heavy atom. The van der Waals surface area contributed by atoms with Crippen molar-refractivity contribution in [2.45, 2.75) is 31.0 Å². The van der Waals surface area contributed by atoms with Gasteiger partial charge in [0.15, 0.2) is 0 Å². The monoisotopic (exact) mass is 212 g/mol. The molecular formula is C11H16O4. The molecular weight excluding hydrogens is 196 g/mol. The van der Waals surface area contributed by atoms with Crippen LogP contribution in [-0.4, -0.2) is 37.5 Å². The Morgan fingerprint density at radius 1 is 1.33 bits per heavy atom. The van der Waals surface area contributed by atoms with Crippen LogP contribution in [0.3, 0.4) is 0 Å². The molecule has 4 nitrogen and oxygen atoms in total. The van der Waals surface area contributed by atoms with Gasteiger partial charge in [0.25, 0.3) is 0 Å². The molecule has 0 radical (unpaired) electrons. The van der Waals surface area contributed by atoms with Crippen molar-refractivity contribution in [3.63, 3.8) is 0 Å². The first-order valence-electron chi connectivity index (χ1n) is 5.13. The molecule has 4 heteroatoms. The molecule has 2 bridgehead atoms. The molecule has 0 aromatic rings. The molecule has 3 fully saturated rings. The highest BCUT2D eigenvalue weighted by molar-refractivity contribution is 5.81. The normalized spacial score (nSPS) is 39.6. The highest BCUT2D eigenvalue weighted by atomic mass is 16.6. The summed E-state index contributed by atoms with van der Waals surface area (Å²) in [6.45, 7) is 3.18. The Kier molecular flexibility index (Phi) is 2.56. The average Bonchev–Trinajstić information content (AvgIpc) is 2.28. The predicted octanol–water partition coefficient (Wildman–Crippen LogP) is 1.05. The lowest BCUT2D eigenvalue weighted by Gasteiger charge is -2.50. The lowest BCUT2D eigenvalue weighted by atomic mass is 9.83. The molecule has 0 saturated carbocycles. The molecule has 0 amide bonds. The van der Waals surface area contributed by atoms with E-state index >= 15 is 0 Å². The van der Waals surface area contributed by atoms with Crippen molar-refractivity contribution in [3.8, 4) is 0 Å². The number of carbonyl (C=O) groups excluding carboxylic acids is 1. The molecule has 0 aromatic carbocycles. The third-order valence-electron chi connectivity index (χ3n) is 3.13. The lowest BCUT2D eigenvalue weighted by molar-refractivity contribution is -0.253. The van der Waals surface area contributed by atoms with Gasteiger partial charge in [-0.05, 0) is 25.8 Å². The maximum Gasteiger partial charge on any atom is 0.330 e. The largest absolute Gasteiger partial charge is 0.466 e. The topological polar surface area (TPSA) is 44.8 Å². The minimum absolute atomic E-state index is 0.124. The summed E-state index contributed by atoms with van der Waals surface area (Å²) in [5.41, 5.74) is -0.535. The fourth-order valence-electron chi connectivity index (χ4n) is 1.91. The zero-order valence-corrected chi connectivity index (χ0v) is 9.12. The Hall–Kier alpha value is -0.870. The van der Waals surface area contributed by atoms with Gasteiger partial charge >= 0.3 is 5.97 Å². The highest BCUT2D eigenvalue weighted by Crippen LogP contribution is 2.40. The smallest absolute Gasteiger partial charge is 0.330 e. The summed E-state index contributed by atoms with van der Waals surface area (Å²) in [7, 11) is 1.36. The van der Waals surface area contributed by atoms with Crippen LogP contribution < -0.4 is 0 Å². The summed E-state index contributed by atoms with van der Waals surface area (Å²) in [4.78, 5) is 11.0. The van der Waals surface area contributed by atoms with Gasteiger partial charge in [0, 0.05) is 6.08 Å². The second-order valence-corrected chi connectivity index (χ2v) is 4.45. The van der Waals surface area contributed by atoms with E-state index in [2.05, 4.69) is 11.7 Å². The number of ether oxygens (including phenoxy) is 3. The second kappa shape index (κ2) is 3.61. The highest BCUT2D eigenvalue weighted by Gasteiger charge is 2.47. The van der Waals surface area contributed by atoms with Crippen molar-refractivity contribution < 1.29 is 19.0 Å². The van der Waals surface area contributed by atoms with Crippen LogP contribution in [-0.2, 0) is 19.0 Å². The zero-order valence-electron chi connectivity index (χ0n) is 9.12. The number of rotatable bonds is 2. The Morgan fingerprint density at radius 3 is 2.60 bits per heavy atom. The summed E-state index contributed by atoms with van der Waals surface area (Å²) < 4.78 is 16.0. The van der Waals surface area contributed by atoms with Crippen molar-refractivity contribution in [1.29, 1.82) is 0 Å². The maximum atomic E-state index is 11.0. The number of fused-ring (bicyclic) bond motifs is 3. The fourth-order valence-corrected chi connectivity index (χ4v) is 1.91. The van der Waals surface area contributed by atoms with Gasteiger partial charge in [0.2, 0.25) is 0 Å². The third kappa shape index (κ3) is 2.06. The lowest BCUT2D eigenvalue weighted by Crippen LogP contribution is -2.57. The minimum Gasteiger partial charge on any atom is -0.466 e. The van der Waals surface area contributed by atoms with Gasteiger partial charge in [0.05, 0.1) is 25.9 Å². The Bertz CT molecular complexity index is 270. The molecule has 0 aromatic heterocycles. The summed E-state index contributed by atoms with van der Waals surface area (Å²) in [6.07, 6.45) is 5.05. The number of esters is 1. The van der Waals surface area contributed by atoms with Gasteiger partial charge in [0.1, 0.15) is 5.60 Å². The molecule has 0 N–H and O–H groups in total. The molecule has 84 valence electrons.